The van der Waals surface area contributed by atoms with E-state index < -0.39 is 0 Å². The zero-order chi connectivity index (χ0) is 18.6. The molecule has 7 heteroatoms. The molecule has 2 fully saturated rings. The van der Waals surface area contributed by atoms with Crippen LogP contribution in [0.2, 0.25) is 0 Å². The van der Waals surface area contributed by atoms with E-state index in [0.29, 0.717) is 11.0 Å². The van der Waals surface area contributed by atoms with Crippen molar-refractivity contribution in [2.45, 2.75) is 67.6 Å². The first-order chi connectivity index (χ1) is 13.2. The maximum absolute atomic E-state index is 12.5. The van der Waals surface area contributed by atoms with E-state index in [4.69, 9.17) is 4.42 Å². The van der Waals surface area contributed by atoms with Crippen LogP contribution in [0.15, 0.2) is 26.3 Å². The Morgan fingerprint density at radius 3 is 2.78 bits per heavy atom. The van der Waals surface area contributed by atoms with Crippen molar-refractivity contribution in [1.29, 1.82) is 0 Å². The number of nitrogens with one attached hydrogen (secondary N) is 1. The number of furan rings is 1. The summed E-state index contributed by atoms with van der Waals surface area (Å²) < 4.78 is 6.95. The lowest BCUT2D eigenvalue weighted by Gasteiger charge is -2.28. The Labute approximate surface area is 168 Å². The number of likely N-dealkylation sites (tertiary alicyclic amines) is 1. The van der Waals surface area contributed by atoms with Crippen LogP contribution >= 0.6 is 23.1 Å². The topological polar surface area (TPSA) is 58.4 Å². The summed E-state index contributed by atoms with van der Waals surface area (Å²) in [5, 5.41) is 5.88. The number of aromatic nitrogens is 1. The van der Waals surface area contributed by atoms with Gasteiger partial charge in [0.1, 0.15) is 10.1 Å². The molecular formula is C20H27N3O2S2. The summed E-state index contributed by atoms with van der Waals surface area (Å²) in [6, 6.07) is 4.00. The van der Waals surface area contributed by atoms with Gasteiger partial charge in [0, 0.05) is 22.4 Å². The van der Waals surface area contributed by atoms with Crippen LogP contribution in [0.25, 0.3) is 0 Å². The van der Waals surface area contributed by atoms with Gasteiger partial charge in [-0.25, -0.2) is 4.98 Å². The predicted octanol–water partition coefficient (Wildman–Crippen LogP) is 4.47. The quantitative estimate of drug-likeness (QED) is 0.768. The Morgan fingerprint density at radius 1 is 1.30 bits per heavy atom. The fraction of sp³-hybridized carbons (Fsp3) is 0.600. The van der Waals surface area contributed by atoms with E-state index in [0.717, 1.165) is 56.8 Å². The van der Waals surface area contributed by atoms with Crippen LogP contribution in [-0.2, 0) is 6.54 Å². The van der Waals surface area contributed by atoms with Crippen LogP contribution < -0.4 is 5.32 Å². The van der Waals surface area contributed by atoms with Gasteiger partial charge in [-0.2, -0.15) is 0 Å². The largest absolute Gasteiger partial charge is 0.455 e. The average Bonchev–Trinajstić information content (AvgIpc) is 3.40. The zero-order valence-electron chi connectivity index (χ0n) is 15.8. The van der Waals surface area contributed by atoms with E-state index in [1.165, 1.54) is 17.2 Å². The molecule has 2 aliphatic rings. The second kappa shape index (κ2) is 8.80. The van der Waals surface area contributed by atoms with Gasteiger partial charge in [-0.05, 0) is 70.7 Å². The SMILES string of the molecule is Cc1csc(SC2CCC(NC(=O)c3ccc(CN4CCCC4)o3)CC2)n1. The fourth-order valence-electron chi connectivity index (χ4n) is 3.86. The molecule has 0 bridgehead atoms. The number of nitrogens with zero attached hydrogens (tertiary/aromatic N) is 2. The molecule has 2 aromatic rings. The van der Waals surface area contributed by atoms with Crippen molar-refractivity contribution in [3.63, 3.8) is 0 Å². The lowest BCUT2D eigenvalue weighted by atomic mass is 9.95. The Bertz CT molecular complexity index is 759. The molecule has 1 aliphatic heterocycles. The number of aryl methyl sites for hydroxylation is 1. The maximum atomic E-state index is 12.5. The van der Waals surface area contributed by atoms with Crippen LogP contribution in [0.1, 0.15) is 60.5 Å². The molecule has 0 aromatic carbocycles. The van der Waals surface area contributed by atoms with Crippen molar-refractivity contribution < 1.29 is 9.21 Å². The molecule has 5 nitrogen and oxygen atoms in total. The van der Waals surface area contributed by atoms with Gasteiger partial charge in [0.15, 0.2) is 5.76 Å². The molecule has 146 valence electrons. The van der Waals surface area contributed by atoms with Gasteiger partial charge in [0.25, 0.3) is 5.91 Å². The number of hydrogen-bond acceptors (Lipinski definition) is 6. The Hall–Kier alpha value is -1.31. The molecule has 3 heterocycles. The number of carbonyl (C=O) groups excluding carboxylic acids is 1. The molecule has 0 spiro atoms. The summed E-state index contributed by atoms with van der Waals surface area (Å²) in [6.45, 7) is 5.11. The first-order valence-corrected chi connectivity index (χ1v) is 11.6. The highest BCUT2D eigenvalue weighted by molar-refractivity contribution is 8.01. The van der Waals surface area contributed by atoms with Crippen molar-refractivity contribution in [2.24, 2.45) is 0 Å². The molecule has 0 atom stereocenters. The molecule has 1 N–H and O–H groups in total. The fourth-order valence-corrected chi connectivity index (χ4v) is 6.14. The lowest BCUT2D eigenvalue weighted by molar-refractivity contribution is 0.0896. The summed E-state index contributed by atoms with van der Waals surface area (Å²) in [7, 11) is 0. The van der Waals surface area contributed by atoms with E-state index in [2.05, 4.69) is 20.6 Å². The highest BCUT2D eigenvalue weighted by Crippen LogP contribution is 2.35. The van der Waals surface area contributed by atoms with E-state index in [1.54, 1.807) is 11.3 Å². The van der Waals surface area contributed by atoms with Crippen molar-refractivity contribution >= 4 is 29.0 Å². The van der Waals surface area contributed by atoms with Gasteiger partial charge >= 0.3 is 0 Å². The third-order valence-electron chi connectivity index (χ3n) is 5.34. The highest BCUT2D eigenvalue weighted by Gasteiger charge is 2.25. The summed E-state index contributed by atoms with van der Waals surface area (Å²) in [5.41, 5.74) is 1.10. The monoisotopic (exact) mass is 405 g/mol. The highest BCUT2D eigenvalue weighted by atomic mass is 32.2. The van der Waals surface area contributed by atoms with Crippen LogP contribution in [-0.4, -0.2) is 40.2 Å². The standard InChI is InChI=1S/C20H27N3O2S2/c1-14-13-26-20(21-14)27-17-7-4-15(5-8-17)22-19(24)18-9-6-16(25-18)12-23-10-2-3-11-23/h6,9,13,15,17H,2-5,7-8,10-12H2,1H3,(H,22,24). The molecule has 0 radical (unpaired) electrons. The van der Waals surface area contributed by atoms with E-state index in [1.807, 2.05) is 30.8 Å². The molecule has 1 saturated carbocycles. The molecule has 1 amide bonds. The van der Waals surface area contributed by atoms with Crippen molar-refractivity contribution in [2.75, 3.05) is 13.1 Å². The minimum atomic E-state index is -0.0747. The van der Waals surface area contributed by atoms with E-state index in [-0.39, 0.29) is 11.9 Å². The van der Waals surface area contributed by atoms with E-state index >= 15 is 0 Å². The second-order valence-corrected chi connectivity index (χ2v) is 9.97. The summed E-state index contributed by atoms with van der Waals surface area (Å²) in [5.74, 6) is 1.26. The predicted molar refractivity (Wildman–Crippen MR) is 109 cm³/mol. The van der Waals surface area contributed by atoms with Gasteiger partial charge in [0.2, 0.25) is 0 Å². The van der Waals surface area contributed by atoms with Crippen LogP contribution in [0.4, 0.5) is 0 Å². The second-order valence-electron chi connectivity index (χ2n) is 7.57. The Kier molecular flexibility index (Phi) is 6.20. The van der Waals surface area contributed by atoms with Crippen LogP contribution in [0, 0.1) is 6.92 Å². The molecule has 4 rings (SSSR count). The number of carbonyl (C=O) groups is 1. The number of amides is 1. The first kappa shape index (κ1) is 19.0. The van der Waals surface area contributed by atoms with Crippen molar-refractivity contribution in [1.82, 2.24) is 15.2 Å². The first-order valence-electron chi connectivity index (χ1n) is 9.86. The third kappa shape index (κ3) is 5.15. The Morgan fingerprint density at radius 2 is 2.07 bits per heavy atom. The molecular weight excluding hydrogens is 378 g/mol. The molecule has 2 aromatic heterocycles. The van der Waals surface area contributed by atoms with Gasteiger partial charge in [0.05, 0.1) is 6.54 Å². The molecule has 0 unspecified atom stereocenters. The third-order valence-corrected chi connectivity index (χ3v) is 7.77. The average molecular weight is 406 g/mol. The molecule has 1 saturated heterocycles. The molecule has 1 aliphatic carbocycles. The van der Waals surface area contributed by atoms with Crippen molar-refractivity contribution in [3.05, 3.63) is 34.7 Å². The molecule has 27 heavy (non-hydrogen) atoms. The van der Waals surface area contributed by atoms with E-state index in [9.17, 15) is 4.79 Å². The van der Waals surface area contributed by atoms with Gasteiger partial charge < -0.3 is 9.73 Å². The zero-order valence-corrected chi connectivity index (χ0v) is 17.4. The summed E-state index contributed by atoms with van der Waals surface area (Å²) in [6.07, 6.45) is 6.80. The number of thiazole rings is 1. The summed E-state index contributed by atoms with van der Waals surface area (Å²) >= 11 is 3.62. The number of hydrogen-bond donors (Lipinski definition) is 1. The number of rotatable bonds is 6. The minimum absolute atomic E-state index is 0.0747. The normalized spacial score (nSPS) is 23.6. The minimum Gasteiger partial charge on any atom is -0.455 e. The number of thioether (sulfide) groups is 1. The maximum Gasteiger partial charge on any atom is 0.287 e. The Balaban J connectivity index is 1.22. The van der Waals surface area contributed by atoms with Crippen LogP contribution in [0.3, 0.4) is 0 Å². The van der Waals surface area contributed by atoms with Crippen molar-refractivity contribution in [3.8, 4) is 0 Å². The van der Waals surface area contributed by atoms with Gasteiger partial charge in [-0.3, -0.25) is 9.69 Å². The smallest absolute Gasteiger partial charge is 0.287 e. The summed E-state index contributed by atoms with van der Waals surface area (Å²) in [4.78, 5) is 19.4. The van der Waals surface area contributed by atoms with Crippen LogP contribution in [0.5, 0.6) is 0 Å². The van der Waals surface area contributed by atoms with Gasteiger partial charge in [-0.1, -0.05) is 11.8 Å². The lowest BCUT2D eigenvalue weighted by Crippen LogP contribution is -2.38. The van der Waals surface area contributed by atoms with Gasteiger partial charge in [-0.15, -0.1) is 11.3 Å².